The van der Waals surface area contributed by atoms with Gasteiger partial charge in [-0.1, -0.05) is 52.3 Å². The lowest BCUT2D eigenvalue weighted by atomic mass is 9.83. The summed E-state index contributed by atoms with van der Waals surface area (Å²) in [6.45, 7) is 5.53. The van der Waals surface area contributed by atoms with Gasteiger partial charge in [-0.15, -0.1) is 0 Å². The summed E-state index contributed by atoms with van der Waals surface area (Å²) in [6.07, 6.45) is 0.979. The zero-order valence-electron chi connectivity index (χ0n) is 25.4. The molecule has 2 unspecified atom stereocenters. The Morgan fingerprint density at radius 1 is 0.848 bits per heavy atom. The lowest BCUT2D eigenvalue weighted by Gasteiger charge is -2.44. The van der Waals surface area contributed by atoms with Crippen molar-refractivity contribution in [3.8, 4) is 0 Å². The van der Waals surface area contributed by atoms with E-state index < -0.39 is 10.0 Å². The van der Waals surface area contributed by atoms with Crippen LogP contribution in [0.3, 0.4) is 0 Å². The van der Waals surface area contributed by atoms with Gasteiger partial charge in [0, 0.05) is 80.1 Å². The number of anilines is 2. The van der Waals surface area contributed by atoms with Crippen LogP contribution in [0.2, 0.25) is 0 Å². The molecule has 11 heteroatoms. The van der Waals surface area contributed by atoms with E-state index in [2.05, 4.69) is 42.6 Å². The molecule has 3 aliphatic rings. The Morgan fingerprint density at radius 2 is 1.61 bits per heavy atom. The molecule has 0 aliphatic carbocycles. The third-order valence-electron chi connectivity index (χ3n) is 9.34. The monoisotopic (exact) mass is 701 g/mol. The molecule has 0 spiro atoms. The van der Waals surface area contributed by atoms with Crippen LogP contribution < -0.4 is 15.2 Å². The molecule has 0 saturated carbocycles. The Hall–Kier alpha value is -3.93. The van der Waals surface area contributed by atoms with E-state index in [0.29, 0.717) is 44.0 Å². The van der Waals surface area contributed by atoms with E-state index in [4.69, 9.17) is 0 Å². The first-order valence-electron chi connectivity index (χ1n) is 15.7. The molecule has 3 aromatic carbocycles. The summed E-state index contributed by atoms with van der Waals surface area (Å²) in [5.74, 6) is 0.278. The van der Waals surface area contributed by atoms with Gasteiger partial charge in [0.2, 0.25) is 0 Å². The van der Waals surface area contributed by atoms with Crippen molar-refractivity contribution in [3.05, 3.63) is 123 Å². The number of aromatic nitrogens is 1. The van der Waals surface area contributed by atoms with Crippen LogP contribution in [0, 0.1) is 5.92 Å². The molecule has 2 fully saturated rings. The average Bonchev–Trinajstić information content (AvgIpc) is 3.06. The van der Waals surface area contributed by atoms with Gasteiger partial charge in [-0.25, -0.2) is 8.42 Å². The third-order valence-corrected chi connectivity index (χ3v) is 11.3. The number of carbonyl (C=O) groups excluding carboxylic acids is 1. The summed E-state index contributed by atoms with van der Waals surface area (Å²) in [6, 6.07) is 27.6. The highest BCUT2D eigenvalue weighted by molar-refractivity contribution is 9.10. The molecule has 238 valence electrons. The molecule has 2 saturated heterocycles. The van der Waals surface area contributed by atoms with Crippen LogP contribution in [0.5, 0.6) is 0 Å². The smallest absolute Gasteiger partial charge is 0.261 e. The Bertz CT molecular complexity index is 1910. The highest BCUT2D eigenvalue weighted by atomic mass is 79.9. The van der Waals surface area contributed by atoms with Crippen LogP contribution in [0.25, 0.3) is 0 Å². The summed E-state index contributed by atoms with van der Waals surface area (Å²) < 4.78 is 32.8. The predicted octanol–water partition coefficient (Wildman–Crippen LogP) is 4.99. The Balaban J connectivity index is 1.15. The minimum Gasteiger partial charge on any atom is -0.369 e. The van der Waals surface area contributed by atoms with Crippen molar-refractivity contribution in [2.45, 2.75) is 30.3 Å². The van der Waals surface area contributed by atoms with Gasteiger partial charge in [-0.2, -0.15) is 0 Å². The molecule has 46 heavy (non-hydrogen) atoms. The summed E-state index contributed by atoms with van der Waals surface area (Å²) in [4.78, 5) is 32.9. The lowest BCUT2D eigenvalue weighted by Crippen LogP contribution is -2.48. The molecule has 4 heterocycles. The van der Waals surface area contributed by atoms with Crippen LogP contribution in [-0.2, 0) is 23.1 Å². The summed E-state index contributed by atoms with van der Waals surface area (Å²) in [7, 11) is -3.94. The molecule has 0 radical (unpaired) electrons. The molecule has 7 rings (SSSR count). The number of benzene rings is 3. The second kappa shape index (κ2) is 12.7. The summed E-state index contributed by atoms with van der Waals surface area (Å²) in [5.41, 5.74) is 3.84. The van der Waals surface area contributed by atoms with Crippen molar-refractivity contribution >= 4 is 43.2 Å². The minimum absolute atomic E-state index is 0.0207. The fourth-order valence-corrected chi connectivity index (χ4v) is 8.40. The number of halogens is 1. The van der Waals surface area contributed by atoms with Crippen LogP contribution >= 0.6 is 15.9 Å². The molecular weight excluding hydrogens is 666 g/mol. The normalized spacial score (nSPS) is 19.8. The Kier molecular flexibility index (Phi) is 8.48. The van der Waals surface area contributed by atoms with Crippen LogP contribution in [0.1, 0.15) is 34.0 Å². The number of fused-ring (bicyclic) bond motifs is 4. The van der Waals surface area contributed by atoms with Crippen molar-refractivity contribution in [1.82, 2.24) is 14.4 Å². The highest BCUT2D eigenvalue weighted by Crippen LogP contribution is 2.40. The van der Waals surface area contributed by atoms with Gasteiger partial charge in [0.25, 0.3) is 21.5 Å². The number of nitrogens with one attached hydrogen (secondary N) is 1. The van der Waals surface area contributed by atoms with Gasteiger partial charge in [-0.3, -0.25) is 19.2 Å². The maximum absolute atomic E-state index is 13.8. The van der Waals surface area contributed by atoms with Gasteiger partial charge in [0.05, 0.1) is 16.3 Å². The second-order valence-electron chi connectivity index (χ2n) is 12.4. The Labute approximate surface area is 277 Å². The number of nitrogens with zero attached hydrogens (tertiary/aromatic N) is 4. The molecule has 1 amide bonds. The number of rotatable bonds is 7. The molecule has 1 N–H and O–H groups in total. The number of pyridine rings is 1. The number of piperidine rings is 1. The standard InChI is InChI=1S/C35H36BrN5O4S/c36-29-10-12-30(13-11-29)46(44,45)37-31-20-27(35(43)39-17-15-38(16-18-39)21-25-5-2-1-3-6-25)9-14-33(31)40-22-26-19-28(24-40)32-7-4-8-34(42)41(32)23-26/h1-14,20,26,28,37H,15-19,21-24H2. The summed E-state index contributed by atoms with van der Waals surface area (Å²) >= 11 is 3.38. The van der Waals surface area contributed by atoms with E-state index in [1.54, 1.807) is 36.4 Å². The predicted molar refractivity (Wildman–Crippen MR) is 183 cm³/mol. The zero-order valence-corrected chi connectivity index (χ0v) is 27.8. The second-order valence-corrected chi connectivity index (χ2v) is 15.0. The van der Waals surface area contributed by atoms with Crippen molar-refractivity contribution in [1.29, 1.82) is 0 Å². The average molecular weight is 703 g/mol. The lowest BCUT2D eigenvalue weighted by molar-refractivity contribution is 0.0628. The first-order chi connectivity index (χ1) is 22.2. The number of sulfonamides is 1. The molecule has 2 bridgehead atoms. The number of piperazine rings is 1. The molecular formula is C35H36BrN5O4S. The molecule has 3 aliphatic heterocycles. The molecule has 9 nitrogen and oxygen atoms in total. The van der Waals surface area contributed by atoms with Gasteiger partial charge in [0.1, 0.15) is 0 Å². The van der Waals surface area contributed by atoms with Gasteiger partial charge < -0.3 is 14.4 Å². The number of carbonyl (C=O) groups is 1. The Morgan fingerprint density at radius 3 is 2.37 bits per heavy atom. The van der Waals surface area contributed by atoms with Crippen LogP contribution in [-0.4, -0.2) is 68.0 Å². The quantitative estimate of drug-likeness (QED) is 0.292. The zero-order chi connectivity index (χ0) is 31.8. The SMILES string of the molecule is O=C(c1ccc(N2CC3CC(C2)c2cccc(=O)n2C3)c(NS(=O)(=O)c2ccc(Br)cc2)c1)N1CCN(Cc2ccccc2)CC1. The van der Waals surface area contributed by atoms with Gasteiger partial charge in [-0.05, 0) is 66.4 Å². The number of amides is 1. The van der Waals surface area contributed by atoms with Crippen molar-refractivity contribution in [2.75, 3.05) is 48.9 Å². The van der Waals surface area contributed by atoms with E-state index in [1.165, 1.54) is 5.56 Å². The molecule has 1 aromatic heterocycles. The van der Waals surface area contributed by atoms with Crippen molar-refractivity contribution in [2.24, 2.45) is 5.92 Å². The number of hydrogen-bond acceptors (Lipinski definition) is 6. The highest BCUT2D eigenvalue weighted by Gasteiger charge is 2.36. The summed E-state index contributed by atoms with van der Waals surface area (Å²) in [5, 5.41) is 0. The van der Waals surface area contributed by atoms with E-state index in [0.717, 1.165) is 41.9 Å². The largest absolute Gasteiger partial charge is 0.369 e. The van der Waals surface area contributed by atoms with Crippen molar-refractivity contribution in [3.63, 3.8) is 0 Å². The van der Waals surface area contributed by atoms with E-state index >= 15 is 0 Å². The first-order valence-corrected chi connectivity index (χ1v) is 17.9. The maximum Gasteiger partial charge on any atom is 0.261 e. The fourth-order valence-electron chi connectivity index (χ4n) is 7.07. The minimum atomic E-state index is -3.94. The topological polar surface area (TPSA) is 95.0 Å². The van der Waals surface area contributed by atoms with E-state index in [-0.39, 0.29) is 28.2 Å². The first kappa shape index (κ1) is 30.7. The third kappa shape index (κ3) is 6.36. The van der Waals surface area contributed by atoms with E-state index in [9.17, 15) is 18.0 Å². The van der Waals surface area contributed by atoms with Gasteiger partial charge >= 0.3 is 0 Å². The fraction of sp³-hybridized carbons (Fsp3) is 0.314. The van der Waals surface area contributed by atoms with E-state index in [1.807, 2.05) is 51.9 Å². The number of hydrogen-bond donors (Lipinski definition) is 1. The molecule has 2 atom stereocenters. The maximum atomic E-state index is 13.8. The van der Waals surface area contributed by atoms with Gasteiger partial charge in [0.15, 0.2) is 0 Å². The van der Waals surface area contributed by atoms with Crippen LogP contribution in [0.4, 0.5) is 11.4 Å². The van der Waals surface area contributed by atoms with Crippen LogP contribution in [0.15, 0.2) is 105 Å². The van der Waals surface area contributed by atoms with Crippen molar-refractivity contribution < 1.29 is 13.2 Å². The molecule has 4 aromatic rings.